The van der Waals surface area contributed by atoms with E-state index in [0.717, 1.165) is 0 Å². The highest BCUT2D eigenvalue weighted by Gasteiger charge is 2.09. The van der Waals surface area contributed by atoms with Crippen LogP contribution in [0.3, 0.4) is 0 Å². The molecule has 0 fully saturated rings. The molecule has 0 aliphatic rings. The number of hydrogen-bond donors (Lipinski definition) is 2. The van der Waals surface area contributed by atoms with Crippen molar-refractivity contribution in [2.24, 2.45) is 7.05 Å². The number of aryl methyl sites for hydroxylation is 1. The molecule has 0 aliphatic heterocycles. The van der Waals surface area contributed by atoms with Crippen LogP contribution < -0.4 is 5.32 Å². The minimum atomic E-state index is -0.340. The van der Waals surface area contributed by atoms with E-state index in [-0.39, 0.29) is 16.7 Å². The fourth-order valence-electron chi connectivity index (χ4n) is 1.32. The number of phenolic OH excluding ortho intramolecular Hbond substituents is 1. The Labute approximate surface area is 103 Å². The largest absolute Gasteiger partial charge is 0.506 e. The summed E-state index contributed by atoms with van der Waals surface area (Å²) in [5, 5.41) is 12.2. The van der Waals surface area contributed by atoms with Gasteiger partial charge in [-0.1, -0.05) is 11.6 Å². The normalized spacial score (nSPS) is 10.2. The van der Waals surface area contributed by atoms with Crippen LogP contribution in [0, 0.1) is 0 Å². The van der Waals surface area contributed by atoms with Gasteiger partial charge in [0, 0.05) is 25.0 Å². The Morgan fingerprint density at radius 2 is 2.29 bits per heavy atom. The highest BCUT2D eigenvalue weighted by atomic mass is 35.5. The molecule has 17 heavy (non-hydrogen) atoms. The van der Waals surface area contributed by atoms with Crippen LogP contribution in [-0.4, -0.2) is 20.6 Å². The number of nitrogens with zero attached hydrogens (tertiary/aromatic N) is 2. The van der Waals surface area contributed by atoms with Crippen molar-refractivity contribution in [1.82, 2.24) is 9.55 Å². The Bertz CT molecular complexity index is 566. The van der Waals surface area contributed by atoms with Gasteiger partial charge in [0.1, 0.15) is 11.4 Å². The zero-order valence-electron chi connectivity index (χ0n) is 9.01. The average Bonchev–Trinajstić information content (AvgIpc) is 2.70. The number of carbonyl (C=O) groups excluding carboxylic acids is 1. The highest BCUT2D eigenvalue weighted by molar-refractivity contribution is 6.32. The fraction of sp³-hybridized carbons (Fsp3) is 0.0909. The van der Waals surface area contributed by atoms with Gasteiger partial charge in [0.2, 0.25) is 0 Å². The summed E-state index contributed by atoms with van der Waals surface area (Å²) in [6, 6.07) is 4.48. The minimum Gasteiger partial charge on any atom is -0.506 e. The third-order valence-electron chi connectivity index (χ3n) is 2.14. The number of nitrogens with one attached hydrogen (secondary N) is 1. The molecule has 1 amide bonds. The molecule has 0 unspecified atom stereocenters. The van der Waals surface area contributed by atoms with Gasteiger partial charge in [-0.3, -0.25) is 4.79 Å². The molecule has 2 aromatic rings. The summed E-state index contributed by atoms with van der Waals surface area (Å²) in [6.07, 6.45) is 3.14. The highest BCUT2D eigenvalue weighted by Crippen LogP contribution is 2.26. The van der Waals surface area contributed by atoms with Crippen LogP contribution in [0.4, 0.5) is 5.69 Å². The summed E-state index contributed by atoms with van der Waals surface area (Å²) in [5.41, 5.74) is 0.768. The molecule has 5 nitrogen and oxygen atoms in total. The maximum atomic E-state index is 11.7. The molecular weight excluding hydrogens is 242 g/mol. The van der Waals surface area contributed by atoms with Crippen LogP contribution in [0.2, 0.25) is 5.02 Å². The number of rotatable bonds is 2. The second-order valence-electron chi connectivity index (χ2n) is 3.54. The van der Waals surface area contributed by atoms with E-state index in [9.17, 15) is 9.90 Å². The summed E-state index contributed by atoms with van der Waals surface area (Å²) in [6.45, 7) is 0. The van der Waals surface area contributed by atoms with Gasteiger partial charge in [-0.05, 0) is 12.1 Å². The van der Waals surface area contributed by atoms with Crippen molar-refractivity contribution in [2.75, 3.05) is 5.32 Å². The van der Waals surface area contributed by atoms with Crippen LogP contribution in [-0.2, 0) is 7.05 Å². The lowest BCUT2D eigenvalue weighted by Gasteiger charge is -2.04. The molecular formula is C11H10ClN3O2. The number of imidazole rings is 1. The van der Waals surface area contributed by atoms with Crippen LogP contribution in [0.1, 0.15) is 10.5 Å². The molecule has 0 aliphatic carbocycles. The molecule has 0 bridgehead atoms. The first kappa shape index (κ1) is 11.5. The number of hydrogen-bond acceptors (Lipinski definition) is 3. The van der Waals surface area contributed by atoms with E-state index in [1.807, 2.05) is 0 Å². The summed E-state index contributed by atoms with van der Waals surface area (Å²) >= 11 is 5.66. The number of anilines is 1. The van der Waals surface area contributed by atoms with Gasteiger partial charge >= 0.3 is 0 Å². The Balaban J connectivity index is 2.15. The second kappa shape index (κ2) is 4.47. The number of carbonyl (C=O) groups is 1. The maximum absolute atomic E-state index is 11.7. The van der Waals surface area contributed by atoms with Crippen molar-refractivity contribution in [2.45, 2.75) is 0 Å². The number of halogens is 1. The van der Waals surface area contributed by atoms with Crippen molar-refractivity contribution in [3.05, 3.63) is 41.4 Å². The number of aromatic nitrogens is 2. The van der Waals surface area contributed by atoms with Gasteiger partial charge in [0.15, 0.2) is 0 Å². The summed E-state index contributed by atoms with van der Waals surface area (Å²) in [4.78, 5) is 15.6. The van der Waals surface area contributed by atoms with E-state index >= 15 is 0 Å². The Hall–Kier alpha value is -2.01. The molecule has 0 radical (unpaired) electrons. The van der Waals surface area contributed by atoms with Crippen molar-refractivity contribution in [3.8, 4) is 5.75 Å². The van der Waals surface area contributed by atoms with Crippen molar-refractivity contribution in [3.63, 3.8) is 0 Å². The smallest absolute Gasteiger partial charge is 0.275 e. The van der Waals surface area contributed by atoms with Crippen molar-refractivity contribution >= 4 is 23.2 Å². The Morgan fingerprint density at radius 3 is 2.88 bits per heavy atom. The Kier molecular flexibility index (Phi) is 3.01. The monoisotopic (exact) mass is 251 g/mol. The van der Waals surface area contributed by atoms with E-state index in [2.05, 4.69) is 10.3 Å². The standard InChI is InChI=1S/C11H10ClN3O2/c1-15-5-9(13-6-15)11(17)14-7-2-3-8(12)10(16)4-7/h2-6,16H,1H3,(H,14,17). The molecule has 1 heterocycles. The molecule has 0 saturated heterocycles. The van der Waals surface area contributed by atoms with Crippen LogP contribution in [0.15, 0.2) is 30.7 Å². The van der Waals surface area contributed by atoms with Crippen molar-refractivity contribution in [1.29, 1.82) is 0 Å². The second-order valence-corrected chi connectivity index (χ2v) is 3.95. The quantitative estimate of drug-likeness (QED) is 0.858. The zero-order chi connectivity index (χ0) is 12.4. The maximum Gasteiger partial charge on any atom is 0.275 e. The summed E-state index contributed by atoms with van der Waals surface area (Å²) in [5.74, 6) is -0.419. The minimum absolute atomic E-state index is 0.0783. The predicted octanol–water partition coefficient (Wildman–Crippen LogP) is 2.03. The molecule has 0 spiro atoms. The van der Waals surface area contributed by atoms with Gasteiger partial charge < -0.3 is 15.0 Å². The van der Waals surface area contributed by atoms with Gasteiger partial charge in [0.05, 0.1) is 11.3 Å². The average molecular weight is 252 g/mol. The Morgan fingerprint density at radius 1 is 1.53 bits per heavy atom. The van der Waals surface area contributed by atoms with Gasteiger partial charge in [0.25, 0.3) is 5.91 Å². The van der Waals surface area contributed by atoms with E-state index in [4.69, 9.17) is 11.6 Å². The van der Waals surface area contributed by atoms with Crippen molar-refractivity contribution < 1.29 is 9.90 Å². The lowest BCUT2D eigenvalue weighted by molar-refractivity contribution is 0.102. The number of amides is 1. The zero-order valence-corrected chi connectivity index (χ0v) is 9.77. The van der Waals surface area contributed by atoms with E-state index in [1.165, 1.54) is 18.5 Å². The molecule has 2 rings (SSSR count). The molecule has 0 atom stereocenters. The third kappa shape index (κ3) is 2.57. The molecule has 6 heteroatoms. The first-order valence-corrected chi connectivity index (χ1v) is 5.22. The molecule has 1 aromatic heterocycles. The first-order chi connectivity index (χ1) is 8.06. The third-order valence-corrected chi connectivity index (χ3v) is 2.46. The molecule has 1 aromatic carbocycles. The lowest BCUT2D eigenvalue weighted by atomic mass is 10.3. The molecule has 88 valence electrons. The van der Waals surface area contributed by atoms with Gasteiger partial charge in [-0.15, -0.1) is 0 Å². The number of benzene rings is 1. The van der Waals surface area contributed by atoms with Crippen LogP contribution >= 0.6 is 11.6 Å². The first-order valence-electron chi connectivity index (χ1n) is 4.84. The van der Waals surface area contributed by atoms with Gasteiger partial charge in [-0.2, -0.15) is 0 Å². The van der Waals surface area contributed by atoms with Crippen LogP contribution in [0.25, 0.3) is 0 Å². The van der Waals surface area contributed by atoms with E-state index < -0.39 is 0 Å². The van der Waals surface area contributed by atoms with E-state index in [0.29, 0.717) is 11.4 Å². The molecule has 0 saturated carbocycles. The summed E-state index contributed by atoms with van der Waals surface area (Å²) < 4.78 is 1.67. The lowest BCUT2D eigenvalue weighted by Crippen LogP contribution is -2.12. The number of phenols is 1. The number of aromatic hydroxyl groups is 1. The summed E-state index contributed by atoms with van der Waals surface area (Å²) in [7, 11) is 1.78. The van der Waals surface area contributed by atoms with Crippen LogP contribution in [0.5, 0.6) is 5.75 Å². The van der Waals surface area contributed by atoms with E-state index in [1.54, 1.807) is 23.9 Å². The predicted molar refractivity (Wildman–Crippen MR) is 64.3 cm³/mol. The fourth-order valence-corrected chi connectivity index (χ4v) is 1.43. The van der Waals surface area contributed by atoms with Gasteiger partial charge in [-0.25, -0.2) is 4.98 Å². The molecule has 2 N–H and O–H groups in total. The SMILES string of the molecule is Cn1cnc(C(=O)Nc2ccc(Cl)c(O)c2)c1. The topological polar surface area (TPSA) is 67.2 Å².